The molecule has 0 aliphatic carbocycles. The lowest BCUT2D eigenvalue weighted by Crippen LogP contribution is -2.41. The van der Waals surface area contributed by atoms with Crippen molar-refractivity contribution in [1.82, 2.24) is 5.32 Å². The summed E-state index contributed by atoms with van der Waals surface area (Å²) < 4.78 is 0. The van der Waals surface area contributed by atoms with E-state index in [9.17, 15) is 0 Å². The van der Waals surface area contributed by atoms with Gasteiger partial charge in [0, 0.05) is 11.4 Å². The number of para-hydroxylation sites is 1. The number of nitrogens with zero attached hydrogens (tertiary/aromatic N) is 1. The Labute approximate surface area is 178 Å². The van der Waals surface area contributed by atoms with Gasteiger partial charge in [0.25, 0.3) is 0 Å². The first-order valence-electron chi connectivity index (χ1n) is 9.87. The van der Waals surface area contributed by atoms with Crippen molar-refractivity contribution in [2.75, 3.05) is 24.7 Å². The highest BCUT2D eigenvalue weighted by atomic mass is 32.2. The molecular weight excluding hydrogens is 376 g/mol. The van der Waals surface area contributed by atoms with Gasteiger partial charge in [-0.25, -0.2) is 4.99 Å². The largest absolute Gasteiger partial charge is 0.356 e. The van der Waals surface area contributed by atoms with Crippen LogP contribution in [0.5, 0.6) is 0 Å². The molecule has 3 aromatic carbocycles. The van der Waals surface area contributed by atoms with Crippen LogP contribution in [-0.4, -0.2) is 25.3 Å². The molecule has 0 saturated carbocycles. The van der Waals surface area contributed by atoms with E-state index in [2.05, 4.69) is 91.4 Å². The lowest BCUT2D eigenvalue weighted by atomic mass is 9.94. The predicted octanol–water partition coefficient (Wildman–Crippen LogP) is 5.10. The average molecular weight is 407 g/mol. The third kappa shape index (κ3) is 5.75. The summed E-state index contributed by atoms with van der Waals surface area (Å²) in [5.74, 6) is 0.765. The molecule has 0 radical (unpaired) electrons. The van der Waals surface area contributed by atoms with Gasteiger partial charge in [0.15, 0.2) is 5.96 Å². The Bertz CT molecular complexity index is 976. The van der Waals surface area contributed by atoms with Crippen molar-refractivity contribution < 1.29 is 0 Å². The Morgan fingerprint density at radius 2 is 1.72 bits per heavy atom. The van der Waals surface area contributed by atoms with Crippen LogP contribution in [0.2, 0.25) is 0 Å². The van der Waals surface area contributed by atoms with E-state index in [1.165, 1.54) is 21.2 Å². The summed E-state index contributed by atoms with van der Waals surface area (Å²) in [5, 5.41) is 9.45. The lowest BCUT2D eigenvalue weighted by molar-refractivity contribution is 0.376. The molecule has 4 N–H and O–H groups in total. The maximum atomic E-state index is 5.91. The first kappa shape index (κ1) is 21.2. The second kappa shape index (κ2) is 9.81. The van der Waals surface area contributed by atoms with Gasteiger partial charge >= 0.3 is 0 Å². The van der Waals surface area contributed by atoms with Gasteiger partial charge in [0.05, 0.1) is 12.2 Å². The number of nitrogens with two attached hydrogens (primary N) is 1. The van der Waals surface area contributed by atoms with Gasteiger partial charge in [-0.2, -0.15) is 0 Å². The topological polar surface area (TPSA) is 62.4 Å². The molecule has 0 fully saturated rings. The van der Waals surface area contributed by atoms with E-state index in [1.54, 1.807) is 11.8 Å². The van der Waals surface area contributed by atoms with Gasteiger partial charge in [-0.3, -0.25) is 0 Å². The zero-order valence-electron chi connectivity index (χ0n) is 17.4. The second-order valence-electron chi connectivity index (χ2n) is 7.85. The van der Waals surface area contributed by atoms with Crippen molar-refractivity contribution in [3.05, 3.63) is 72.3 Å². The molecule has 0 atom stereocenters. The molecule has 0 bridgehead atoms. The van der Waals surface area contributed by atoms with Crippen LogP contribution in [-0.2, 0) is 6.54 Å². The zero-order valence-corrected chi connectivity index (χ0v) is 18.2. The smallest absolute Gasteiger partial charge is 0.196 e. The van der Waals surface area contributed by atoms with Gasteiger partial charge in [-0.1, -0.05) is 68.4 Å². The van der Waals surface area contributed by atoms with Gasteiger partial charge in [0.2, 0.25) is 0 Å². The highest BCUT2D eigenvalue weighted by Crippen LogP contribution is 2.25. The van der Waals surface area contributed by atoms with Crippen LogP contribution in [0.1, 0.15) is 19.4 Å². The molecule has 0 heterocycles. The second-order valence-corrected chi connectivity index (χ2v) is 8.70. The number of hydrogen-bond acceptors (Lipinski definition) is 3. The van der Waals surface area contributed by atoms with Crippen molar-refractivity contribution in [1.29, 1.82) is 0 Å². The number of nitrogens with one attached hydrogen (secondary N) is 2. The molecule has 0 aliphatic rings. The summed E-state index contributed by atoms with van der Waals surface area (Å²) in [7, 11) is 0. The third-order valence-corrected chi connectivity index (χ3v) is 5.73. The van der Waals surface area contributed by atoms with E-state index in [0.29, 0.717) is 13.1 Å². The molecule has 3 aromatic rings. The summed E-state index contributed by atoms with van der Waals surface area (Å²) in [5.41, 5.74) is 8.16. The molecule has 4 nitrogen and oxygen atoms in total. The molecule has 29 heavy (non-hydrogen) atoms. The molecule has 0 amide bonds. The van der Waals surface area contributed by atoms with Crippen LogP contribution < -0.4 is 16.4 Å². The number of benzene rings is 3. The van der Waals surface area contributed by atoms with Crippen LogP contribution in [0.3, 0.4) is 0 Å². The standard InChI is InChI=1S/C24H30N4S/c1-24(2,16-25)17-27-23(28-21-13-6-7-14-22(21)29-3)26-15-19-11-8-10-18-9-4-5-12-20(18)19/h4-14H,15-17,25H2,1-3H3,(H2,26,27,28). The highest BCUT2D eigenvalue weighted by Gasteiger charge is 2.16. The van der Waals surface area contributed by atoms with E-state index in [4.69, 9.17) is 10.7 Å². The van der Waals surface area contributed by atoms with Crippen LogP contribution in [0.15, 0.2) is 76.6 Å². The minimum absolute atomic E-state index is 0.0130. The summed E-state index contributed by atoms with van der Waals surface area (Å²) >= 11 is 1.72. The molecule has 0 saturated heterocycles. The number of hydrogen-bond donors (Lipinski definition) is 3. The number of aliphatic imine (C=N–C) groups is 1. The van der Waals surface area contributed by atoms with Gasteiger partial charge in [-0.05, 0) is 46.7 Å². The normalized spacial score (nSPS) is 12.2. The fraction of sp³-hybridized carbons (Fsp3) is 0.292. The number of anilines is 1. The van der Waals surface area contributed by atoms with Gasteiger partial charge in [0.1, 0.15) is 0 Å². The van der Waals surface area contributed by atoms with Crippen molar-refractivity contribution in [3.63, 3.8) is 0 Å². The van der Waals surface area contributed by atoms with Crippen molar-refractivity contribution in [3.8, 4) is 0 Å². The van der Waals surface area contributed by atoms with Crippen LogP contribution in [0.25, 0.3) is 10.8 Å². The van der Waals surface area contributed by atoms with Crippen molar-refractivity contribution in [2.24, 2.45) is 16.1 Å². The van der Waals surface area contributed by atoms with Crippen LogP contribution in [0, 0.1) is 5.41 Å². The molecule has 152 valence electrons. The zero-order chi connectivity index (χ0) is 20.7. The van der Waals surface area contributed by atoms with E-state index in [0.717, 1.165) is 18.2 Å². The van der Waals surface area contributed by atoms with Gasteiger partial charge < -0.3 is 16.4 Å². The first-order valence-corrected chi connectivity index (χ1v) is 11.1. The maximum Gasteiger partial charge on any atom is 0.196 e. The number of guanidine groups is 1. The molecule has 3 rings (SSSR count). The Hall–Kier alpha value is -2.50. The van der Waals surface area contributed by atoms with Crippen LogP contribution in [0.4, 0.5) is 5.69 Å². The van der Waals surface area contributed by atoms with E-state index >= 15 is 0 Å². The average Bonchev–Trinajstić information content (AvgIpc) is 2.76. The highest BCUT2D eigenvalue weighted by molar-refractivity contribution is 7.98. The molecule has 0 spiro atoms. The summed E-state index contributed by atoms with van der Waals surface area (Å²) in [6, 6.07) is 23.1. The predicted molar refractivity (Wildman–Crippen MR) is 128 cm³/mol. The van der Waals surface area contributed by atoms with Gasteiger partial charge in [-0.15, -0.1) is 11.8 Å². The monoisotopic (exact) mass is 406 g/mol. The third-order valence-electron chi connectivity index (χ3n) is 4.93. The number of fused-ring (bicyclic) bond motifs is 1. The number of thioether (sulfide) groups is 1. The molecular formula is C24H30N4S. The Morgan fingerprint density at radius 3 is 2.52 bits per heavy atom. The minimum atomic E-state index is -0.0130. The van der Waals surface area contributed by atoms with Crippen molar-refractivity contribution >= 4 is 34.2 Å². The molecule has 0 aromatic heterocycles. The number of rotatable bonds is 7. The van der Waals surface area contributed by atoms with Crippen molar-refractivity contribution in [2.45, 2.75) is 25.3 Å². The molecule has 0 unspecified atom stereocenters. The summed E-state index contributed by atoms with van der Waals surface area (Å²) in [4.78, 5) is 6.08. The maximum absolute atomic E-state index is 5.91. The Kier molecular flexibility index (Phi) is 7.18. The molecule has 5 heteroatoms. The first-order chi connectivity index (χ1) is 14.0. The quantitative estimate of drug-likeness (QED) is 0.290. The molecule has 0 aliphatic heterocycles. The van der Waals surface area contributed by atoms with Crippen LogP contribution >= 0.6 is 11.8 Å². The van der Waals surface area contributed by atoms with E-state index < -0.39 is 0 Å². The van der Waals surface area contributed by atoms with E-state index in [1.807, 2.05) is 6.07 Å². The Morgan fingerprint density at radius 1 is 1.00 bits per heavy atom. The fourth-order valence-corrected chi connectivity index (χ4v) is 3.56. The van der Waals surface area contributed by atoms with E-state index in [-0.39, 0.29) is 5.41 Å². The summed E-state index contributed by atoms with van der Waals surface area (Å²) in [6.45, 7) is 6.25. The summed E-state index contributed by atoms with van der Waals surface area (Å²) in [6.07, 6.45) is 2.08. The Balaban J connectivity index is 1.86. The fourth-order valence-electron chi connectivity index (χ4n) is 3.00. The lowest BCUT2D eigenvalue weighted by Gasteiger charge is -2.24. The SMILES string of the molecule is CSc1ccccc1NC(=NCc1cccc2ccccc12)NCC(C)(C)CN. The minimum Gasteiger partial charge on any atom is -0.356 e.